The van der Waals surface area contributed by atoms with E-state index in [4.69, 9.17) is 0 Å². The van der Waals surface area contributed by atoms with Gasteiger partial charge in [-0.05, 0) is 73.2 Å². The molecule has 0 aliphatic heterocycles. The molecule has 0 N–H and O–H groups in total. The molecule has 1 aromatic rings. The normalized spacial score (nSPS) is 10.0. The molecule has 0 nitrogen and oxygen atoms in total. The average Bonchev–Trinajstić information content (AvgIpc) is 1.82. The van der Waals surface area contributed by atoms with E-state index in [-0.39, 0.29) is 5.82 Å². The maximum atomic E-state index is 12.9. The van der Waals surface area contributed by atoms with Crippen LogP contribution >= 0.6 is 61.1 Å². The molecule has 0 saturated heterocycles. The Balaban J connectivity index is 3.31. The Hall–Kier alpha value is 1.09. The molecule has 0 amide bonds. The molecule has 0 heterocycles. The number of halogens is 4. The van der Waals surface area contributed by atoms with Crippen LogP contribution in [0.25, 0.3) is 0 Å². The van der Waals surface area contributed by atoms with E-state index in [2.05, 4.69) is 38.5 Å². The van der Waals surface area contributed by atoms with Crippen molar-refractivity contribution in [1.82, 2.24) is 0 Å². The van der Waals surface area contributed by atoms with Crippen molar-refractivity contribution >= 4 is 61.1 Å². The van der Waals surface area contributed by atoms with Gasteiger partial charge >= 0.3 is 0 Å². The molecular weight excluding hydrogens is 425 g/mol. The lowest BCUT2D eigenvalue weighted by molar-refractivity contribution is 0.613. The molecule has 4 heteroatoms. The summed E-state index contributed by atoms with van der Waals surface area (Å²) in [7, 11) is 0. The van der Waals surface area contributed by atoms with E-state index < -0.39 is 0 Å². The van der Waals surface area contributed by atoms with Gasteiger partial charge in [-0.1, -0.05) is 0 Å². The second kappa shape index (κ2) is 3.66. The van der Waals surface area contributed by atoms with Crippen molar-refractivity contribution in [3.8, 4) is 0 Å². The van der Waals surface area contributed by atoms with Crippen LogP contribution in [0.1, 0.15) is 0 Å². The highest BCUT2D eigenvalue weighted by atomic mass is 127. The summed E-state index contributed by atoms with van der Waals surface area (Å²) in [6, 6.07) is 3.54. The Morgan fingerprint density at radius 3 is 2.40 bits per heavy atom. The second-order valence-electron chi connectivity index (χ2n) is 1.68. The van der Waals surface area contributed by atoms with Gasteiger partial charge in [0.05, 0.1) is 8.04 Å². The molecule has 10 heavy (non-hydrogen) atoms. The lowest BCUT2D eigenvalue weighted by atomic mass is 10.4. The SMILES string of the molecule is Fc1c(Br)cc(I)cc1I. The molecule has 0 atom stereocenters. The molecule has 0 fully saturated rings. The highest BCUT2D eigenvalue weighted by Crippen LogP contribution is 2.23. The van der Waals surface area contributed by atoms with Crippen molar-refractivity contribution in [2.75, 3.05) is 0 Å². The highest BCUT2D eigenvalue weighted by molar-refractivity contribution is 14.1. The molecule has 54 valence electrons. The van der Waals surface area contributed by atoms with E-state index in [1.165, 1.54) is 0 Å². The lowest BCUT2D eigenvalue weighted by Gasteiger charge is -1.97. The van der Waals surface area contributed by atoms with Crippen LogP contribution in [0.2, 0.25) is 0 Å². The maximum Gasteiger partial charge on any atom is 0.150 e. The molecule has 0 aromatic heterocycles. The van der Waals surface area contributed by atoms with Crippen LogP contribution in [0.3, 0.4) is 0 Å². The maximum absolute atomic E-state index is 12.9. The Labute approximate surface area is 94.0 Å². The fraction of sp³-hybridized carbons (Fsp3) is 0. The first-order chi connectivity index (χ1) is 4.61. The molecule has 1 rings (SSSR count). The summed E-state index contributed by atoms with van der Waals surface area (Å²) < 4.78 is 15.1. The van der Waals surface area contributed by atoms with E-state index in [1.54, 1.807) is 12.1 Å². The number of hydrogen-bond donors (Lipinski definition) is 0. The number of benzene rings is 1. The summed E-state index contributed by atoms with van der Waals surface area (Å²) in [6.07, 6.45) is 0. The summed E-state index contributed by atoms with van der Waals surface area (Å²) in [5, 5.41) is 0. The van der Waals surface area contributed by atoms with Crippen LogP contribution in [0.4, 0.5) is 4.39 Å². The topological polar surface area (TPSA) is 0 Å². The van der Waals surface area contributed by atoms with Gasteiger partial charge in [0.1, 0.15) is 0 Å². The molecule has 1 aromatic carbocycles. The average molecular weight is 427 g/mol. The first-order valence-electron chi connectivity index (χ1n) is 2.41. The van der Waals surface area contributed by atoms with Crippen LogP contribution < -0.4 is 0 Å². The van der Waals surface area contributed by atoms with Gasteiger partial charge in [0.25, 0.3) is 0 Å². The molecule has 0 unspecified atom stereocenters. The van der Waals surface area contributed by atoms with E-state index in [9.17, 15) is 4.39 Å². The van der Waals surface area contributed by atoms with E-state index >= 15 is 0 Å². The standard InChI is InChI=1S/C6H2BrFI2/c7-4-1-3(9)2-5(10)6(4)8/h1-2H. The summed E-state index contributed by atoms with van der Waals surface area (Å²) in [4.78, 5) is 0. The minimum absolute atomic E-state index is 0.180. The van der Waals surface area contributed by atoms with Crippen molar-refractivity contribution in [2.24, 2.45) is 0 Å². The van der Waals surface area contributed by atoms with Crippen LogP contribution in [0.5, 0.6) is 0 Å². The van der Waals surface area contributed by atoms with Crippen molar-refractivity contribution in [2.45, 2.75) is 0 Å². The Morgan fingerprint density at radius 2 is 1.90 bits per heavy atom. The predicted molar refractivity (Wildman–Crippen MR) is 59.5 cm³/mol. The second-order valence-corrected chi connectivity index (χ2v) is 4.95. The van der Waals surface area contributed by atoms with Crippen LogP contribution in [-0.2, 0) is 0 Å². The molecule has 0 aliphatic rings. The third-order valence-electron chi connectivity index (χ3n) is 0.949. The molecule has 0 spiro atoms. The van der Waals surface area contributed by atoms with E-state index in [0.717, 1.165) is 3.57 Å². The van der Waals surface area contributed by atoms with Gasteiger partial charge in [0.2, 0.25) is 0 Å². The first-order valence-corrected chi connectivity index (χ1v) is 5.36. The van der Waals surface area contributed by atoms with Crippen LogP contribution in [0, 0.1) is 13.0 Å². The Morgan fingerprint density at radius 1 is 1.30 bits per heavy atom. The summed E-state index contributed by atoms with van der Waals surface area (Å²) >= 11 is 7.22. The zero-order valence-electron chi connectivity index (χ0n) is 4.67. The molecule has 0 radical (unpaired) electrons. The van der Waals surface area contributed by atoms with Gasteiger partial charge in [-0.15, -0.1) is 0 Å². The molecular formula is C6H2BrFI2. The lowest BCUT2D eigenvalue weighted by Crippen LogP contribution is -1.84. The van der Waals surface area contributed by atoms with Crippen molar-refractivity contribution < 1.29 is 4.39 Å². The Kier molecular flexibility index (Phi) is 3.36. The number of hydrogen-bond acceptors (Lipinski definition) is 0. The van der Waals surface area contributed by atoms with Gasteiger partial charge in [0.15, 0.2) is 5.82 Å². The monoisotopic (exact) mass is 426 g/mol. The quantitative estimate of drug-likeness (QED) is 0.336. The minimum Gasteiger partial charge on any atom is -0.205 e. The van der Waals surface area contributed by atoms with E-state index in [1.807, 2.05) is 22.6 Å². The van der Waals surface area contributed by atoms with Gasteiger partial charge in [-0.3, -0.25) is 0 Å². The third-order valence-corrected chi connectivity index (χ3v) is 2.93. The molecule has 0 bridgehead atoms. The smallest absolute Gasteiger partial charge is 0.150 e. The summed E-state index contributed by atoms with van der Waals surface area (Å²) in [6.45, 7) is 0. The zero-order valence-corrected chi connectivity index (χ0v) is 10.6. The zero-order chi connectivity index (χ0) is 7.72. The van der Waals surface area contributed by atoms with Crippen LogP contribution in [0.15, 0.2) is 16.6 Å². The van der Waals surface area contributed by atoms with Gasteiger partial charge < -0.3 is 0 Å². The fourth-order valence-electron chi connectivity index (χ4n) is 0.525. The summed E-state index contributed by atoms with van der Waals surface area (Å²) in [5.74, 6) is -0.180. The summed E-state index contributed by atoms with van der Waals surface area (Å²) in [5.41, 5.74) is 0. The minimum atomic E-state index is -0.180. The number of rotatable bonds is 0. The van der Waals surface area contributed by atoms with Crippen molar-refractivity contribution in [3.63, 3.8) is 0 Å². The van der Waals surface area contributed by atoms with E-state index in [0.29, 0.717) is 8.04 Å². The van der Waals surface area contributed by atoms with Crippen molar-refractivity contribution in [3.05, 3.63) is 29.6 Å². The predicted octanol–water partition coefficient (Wildman–Crippen LogP) is 3.80. The molecule has 0 saturated carbocycles. The first kappa shape index (κ1) is 9.18. The largest absolute Gasteiger partial charge is 0.205 e. The van der Waals surface area contributed by atoms with Crippen LogP contribution in [-0.4, -0.2) is 0 Å². The van der Waals surface area contributed by atoms with Crippen molar-refractivity contribution in [1.29, 1.82) is 0 Å². The van der Waals surface area contributed by atoms with Gasteiger partial charge in [-0.2, -0.15) is 0 Å². The fourth-order valence-corrected chi connectivity index (χ4v) is 3.63. The third kappa shape index (κ3) is 2.04. The molecule has 0 aliphatic carbocycles. The van der Waals surface area contributed by atoms with Gasteiger partial charge in [-0.25, -0.2) is 4.39 Å². The van der Waals surface area contributed by atoms with Gasteiger partial charge in [0, 0.05) is 3.57 Å². The highest BCUT2D eigenvalue weighted by Gasteiger charge is 2.03. The Bertz CT molecular complexity index is 239.